The van der Waals surface area contributed by atoms with Crippen LogP contribution in [0.3, 0.4) is 0 Å². The third-order valence-corrected chi connectivity index (χ3v) is 3.37. The second-order valence-corrected chi connectivity index (χ2v) is 5.38. The summed E-state index contributed by atoms with van der Waals surface area (Å²) < 4.78 is 10.8. The van der Waals surface area contributed by atoms with Gasteiger partial charge in [0, 0.05) is 6.42 Å². The van der Waals surface area contributed by atoms with Crippen LogP contribution in [0.2, 0.25) is 0 Å². The van der Waals surface area contributed by atoms with Crippen molar-refractivity contribution in [2.45, 2.75) is 12.8 Å². The number of amides is 1. The van der Waals surface area contributed by atoms with Crippen LogP contribution < -0.4 is 20.1 Å². The molecule has 2 aromatic carbocycles. The van der Waals surface area contributed by atoms with E-state index in [0.717, 1.165) is 5.75 Å². The van der Waals surface area contributed by atoms with Gasteiger partial charge in [-0.05, 0) is 42.9 Å². The van der Waals surface area contributed by atoms with E-state index in [9.17, 15) is 4.79 Å². The van der Waals surface area contributed by atoms with E-state index in [1.54, 1.807) is 7.11 Å². The minimum absolute atomic E-state index is 0.154. The molecular weight excluding hydrogens is 324 g/mol. The van der Waals surface area contributed by atoms with Crippen LogP contribution in [0, 0.1) is 0 Å². The van der Waals surface area contributed by atoms with Gasteiger partial charge in [-0.15, -0.1) is 0 Å². The van der Waals surface area contributed by atoms with E-state index in [2.05, 4.69) is 10.6 Å². The average Bonchev–Trinajstić information content (AvgIpc) is 2.60. The first-order valence-electron chi connectivity index (χ1n) is 7.61. The van der Waals surface area contributed by atoms with Crippen LogP contribution in [0.5, 0.6) is 11.5 Å². The van der Waals surface area contributed by atoms with Crippen LogP contribution >= 0.6 is 12.2 Å². The number of hydrogen-bond donors (Lipinski definition) is 2. The first-order valence-corrected chi connectivity index (χ1v) is 8.01. The molecule has 2 N–H and O–H groups in total. The summed E-state index contributed by atoms with van der Waals surface area (Å²) in [7, 11) is 1.58. The van der Waals surface area contributed by atoms with E-state index >= 15 is 0 Å². The summed E-state index contributed by atoms with van der Waals surface area (Å²) >= 11 is 5.15. The SMILES string of the molecule is COc1ccccc1NC(=S)NC(=O)CCCOc1ccccc1. The summed E-state index contributed by atoms with van der Waals surface area (Å²) in [6.45, 7) is 0.476. The molecule has 0 heterocycles. The van der Waals surface area contributed by atoms with Crippen molar-refractivity contribution in [2.24, 2.45) is 0 Å². The highest BCUT2D eigenvalue weighted by molar-refractivity contribution is 7.80. The third-order valence-electron chi connectivity index (χ3n) is 3.17. The Bertz CT molecular complexity index is 677. The van der Waals surface area contributed by atoms with Crippen LogP contribution in [0.1, 0.15) is 12.8 Å². The zero-order valence-corrected chi connectivity index (χ0v) is 14.3. The summed E-state index contributed by atoms with van der Waals surface area (Å²) in [5.74, 6) is 1.30. The predicted molar refractivity (Wildman–Crippen MR) is 98.5 cm³/mol. The van der Waals surface area contributed by atoms with Crippen LogP contribution in [0.25, 0.3) is 0 Å². The van der Waals surface area contributed by atoms with Gasteiger partial charge in [-0.1, -0.05) is 30.3 Å². The molecule has 5 nitrogen and oxygen atoms in total. The molecule has 0 aliphatic heterocycles. The van der Waals surface area contributed by atoms with E-state index in [1.165, 1.54) is 0 Å². The molecule has 0 aliphatic carbocycles. The van der Waals surface area contributed by atoms with Gasteiger partial charge in [0.2, 0.25) is 5.91 Å². The van der Waals surface area contributed by atoms with E-state index in [-0.39, 0.29) is 11.0 Å². The molecule has 0 aliphatic rings. The van der Waals surface area contributed by atoms with Crippen molar-refractivity contribution in [1.82, 2.24) is 5.32 Å². The number of hydrogen-bond acceptors (Lipinski definition) is 4. The highest BCUT2D eigenvalue weighted by atomic mass is 32.1. The molecule has 2 rings (SSSR count). The van der Waals surface area contributed by atoms with Crippen LogP contribution in [-0.4, -0.2) is 24.7 Å². The Morgan fingerprint density at radius 1 is 1.08 bits per heavy atom. The summed E-state index contributed by atoms with van der Waals surface area (Å²) in [5.41, 5.74) is 0.706. The lowest BCUT2D eigenvalue weighted by Crippen LogP contribution is -2.34. The van der Waals surface area contributed by atoms with Gasteiger partial charge in [-0.2, -0.15) is 0 Å². The topological polar surface area (TPSA) is 59.6 Å². The zero-order chi connectivity index (χ0) is 17.2. The maximum atomic E-state index is 11.9. The minimum atomic E-state index is -0.154. The van der Waals surface area contributed by atoms with Crippen molar-refractivity contribution in [1.29, 1.82) is 0 Å². The highest BCUT2D eigenvalue weighted by Gasteiger charge is 2.07. The molecule has 6 heteroatoms. The average molecular weight is 344 g/mol. The Hall–Kier alpha value is -2.60. The van der Waals surface area contributed by atoms with E-state index in [0.29, 0.717) is 30.9 Å². The van der Waals surface area contributed by atoms with Crippen LogP contribution in [0.15, 0.2) is 54.6 Å². The molecule has 24 heavy (non-hydrogen) atoms. The van der Waals surface area contributed by atoms with Gasteiger partial charge in [0.05, 0.1) is 19.4 Å². The highest BCUT2D eigenvalue weighted by Crippen LogP contribution is 2.22. The predicted octanol–water partition coefficient (Wildman–Crippen LogP) is 3.37. The summed E-state index contributed by atoms with van der Waals surface area (Å²) in [6.07, 6.45) is 0.943. The van der Waals surface area contributed by atoms with Gasteiger partial charge in [0.25, 0.3) is 0 Å². The molecule has 0 fully saturated rings. The number of benzene rings is 2. The van der Waals surface area contributed by atoms with Gasteiger partial charge < -0.3 is 20.1 Å². The molecule has 2 aromatic rings. The molecule has 0 aromatic heterocycles. The first kappa shape index (κ1) is 17.7. The van der Waals surface area contributed by atoms with E-state index < -0.39 is 0 Å². The molecule has 126 valence electrons. The molecular formula is C18H20N2O3S. The number of carbonyl (C=O) groups excluding carboxylic acids is 1. The summed E-state index contributed by atoms with van der Waals surface area (Å²) in [6, 6.07) is 16.9. The lowest BCUT2D eigenvalue weighted by molar-refractivity contribution is -0.119. The largest absolute Gasteiger partial charge is 0.495 e. The van der Waals surface area contributed by atoms with Gasteiger partial charge in [-0.25, -0.2) is 0 Å². The number of ether oxygens (including phenoxy) is 2. The Kier molecular flexibility index (Phi) is 7.04. The number of nitrogens with one attached hydrogen (secondary N) is 2. The van der Waals surface area contributed by atoms with Crippen molar-refractivity contribution in [3.8, 4) is 11.5 Å². The maximum Gasteiger partial charge on any atom is 0.226 e. The normalized spacial score (nSPS) is 9.88. The summed E-state index contributed by atoms with van der Waals surface area (Å²) in [5, 5.41) is 5.84. The number of thiocarbonyl (C=S) groups is 1. The number of carbonyl (C=O) groups is 1. The van der Waals surface area contributed by atoms with E-state index in [4.69, 9.17) is 21.7 Å². The Morgan fingerprint density at radius 2 is 1.79 bits per heavy atom. The van der Waals surface area contributed by atoms with Crippen molar-refractivity contribution in [3.05, 3.63) is 54.6 Å². The van der Waals surface area contributed by atoms with Crippen molar-refractivity contribution in [3.63, 3.8) is 0 Å². The number of anilines is 1. The standard InChI is InChI=1S/C18H20N2O3S/c1-22-16-11-6-5-10-15(16)19-18(24)20-17(21)12-7-13-23-14-8-3-2-4-9-14/h2-6,8-11H,7,12-13H2,1H3,(H2,19,20,21,24). The minimum Gasteiger partial charge on any atom is -0.495 e. The number of methoxy groups -OCH3 is 1. The van der Waals surface area contributed by atoms with Crippen LogP contribution in [-0.2, 0) is 4.79 Å². The summed E-state index contributed by atoms with van der Waals surface area (Å²) in [4.78, 5) is 11.9. The fourth-order valence-electron chi connectivity index (χ4n) is 2.03. The quantitative estimate of drug-likeness (QED) is 0.596. The Labute approximate surface area is 147 Å². The molecule has 0 saturated heterocycles. The monoisotopic (exact) mass is 344 g/mol. The second kappa shape index (κ2) is 9.52. The maximum absolute atomic E-state index is 11.9. The third kappa shape index (κ3) is 5.89. The second-order valence-electron chi connectivity index (χ2n) is 4.97. The number of para-hydroxylation sites is 3. The fourth-order valence-corrected chi connectivity index (χ4v) is 2.25. The molecule has 0 saturated carbocycles. The van der Waals surface area contributed by atoms with Gasteiger partial charge in [0.1, 0.15) is 11.5 Å². The van der Waals surface area contributed by atoms with E-state index in [1.807, 2.05) is 54.6 Å². The molecule has 1 amide bonds. The number of rotatable bonds is 7. The zero-order valence-electron chi connectivity index (χ0n) is 13.5. The smallest absolute Gasteiger partial charge is 0.226 e. The Morgan fingerprint density at radius 3 is 2.54 bits per heavy atom. The fraction of sp³-hybridized carbons (Fsp3) is 0.222. The van der Waals surface area contributed by atoms with Crippen molar-refractivity contribution in [2.75, 3.05) is 19.0 Å². The van der Waals surface area contributed by atoms with Gasteiger partial charge in [0.15, 0.2) is 5.11 Å². The van der Waals surface area contributed by atoms with Crippen molar-refractivity contribution >= 4 is 28.9 Å². The molecule has 0 bridgehead atoms. The Balaban J connectivity index is 1.69. The van der Waals surface area contributed by atoms with Gasteiger partial charge in [-0.3, -0.25) is 4.79 Å². The molecule has 0 atom stereocenters. The molecule has 0 radical (unpaired) electrons. The van der Waals surface area contributed by atoms with Crippen molar-refractivity contribution < 1.29 is 14.3 Å². The molecule has 0 spiro atoms. The van der Waals surface area contributed by atoms with Gasteiger partial charge >= 0.3 is 0 Å². The lowest BCUT2D eigenvalue weighted by atomic mass is 10.3. The first-order chi connectivity index (χ1) is 11.7. The molecule has 0 unspecified atom stereocenters. The van der Waals surface area contributed by atoms with Crippen LogP contribution in [0.4, 0.5) is 5.69 Å². The lowest BCUT2D eigenvalue weighted by Gasteiger charge is -2.12.